The minimum atomic E-state index is 0. The largest absolute Gasteiger partial charge is 0.379 e. The highest BCUT2D eigenvalue weighted by Gasteiger charge is 2.19. The maximum atomic E-state index is 12.6. The van der Waals surface area contributed by atoms with Crippen molar-refractivity contribution in [2.24, 2.45) is 4.99 Å². The molecule has 0 aromatic heterocycles. The summed E-state index contributed by atoms with van der Waals surface area (Å²) in [6.07, 6.45) is 4.45. The lowest BCUT2D eigenvalue weighted by Crippen LogP contribution is -2.38. The molecule has 0 radical (unpaired) electrons. The van der Waals surface area contributed by atoms with Crippen molar-refractivity contribution in [3.63, 3.8) is 0 Å². The first kappa shape index (κ1) is 25.9. The average Bonchev–Trinajstić information content (AvgIpc) is 3.29. The fraction of sp³-hybridized carbons (Fsp3) is 0.652. The monoisotopic (exact) mass is 544 g/mol. The molecule has 1 fully saturated rings. The van der Waals surface area contributed by atoms with Gasteiger partial charge in [-0.1, -0.05) is 24.3 Å². The van der Waals surface area contributed by atoms with E-state index in [1.54, 1.807) is 0 Å². The summed E-state index contributed by atoms with van der Waals surface area (Å²) in [6, 6.07) is 8.41. The quantitative estimate of drug-likeness (QED) is 0.205. The van der Waals surface area contributed by atoms with E-state index in [1.165, 1.54) is 11.1 Å². The Kier molecular flexibility index (Phi) is 12.2. The number of rotatable bonds is 10. The number of nitrogens with zero attached hydrogens (tertiary/aromatic N) is 2. The molecule has 2 aliphatic heterocycles. The first-order valence-corrected chi connectivity index (χ1v) is 11.3. The summed E-state index contributed by atoms with van der Waals surface area (Å²) in [4.78, 5) is 19.1. The molecule has 1 unspecified atom stereocenters. The minimum Gasteiger partial charge on any atom is -0.379 e. The lowest BCUT2D eigenvalue weighted by atomic mass is 9.99. The molecule has 2 N–H and O–H groups in total. The molecule has 1 saturated heterocycles. The lowest BCUT2D eigenvalue weighted by molar-refractivity contribution is -0.132. The second kappa shape index (κ2) is 14.6. The summed E-state index contributed by atoms with van der Waals surface area (Å²) in [5.74, 6) is 1.03. The molecular weight excluding hydrogens is 507 g/mol. The van der Waals surface area contributed by atoms with Crippen LogP contribution in [0.15, 0.2) is 29.3 Å². The van der Waals surface area contributed by atoms with E-state index in [0.29, 0.717) is 13.0 Å². The first-order chi connectivity index (χ1) is 14.8. The number of fused-ring (bicyclic) bond motifs is 1. The number of aliphatic imine (C=N–C) groups is 1. The SMILES string of the molecule is CCNC(=NCCCC(=O)N1CCc2ccccc2C1)NCCCOC1CCOC1.I. The van der Waals surface area contributed by atoms with Crippen molar-refractivity contribution in [1.82, 2.24) is 15.5 Å². The van der Waals surface area contributed by atoms with Crippen LogP contribution in [-0.2, 0) is 27.2 Å². The number of benzene rings is 1. The zero-order chi connectivity index (χ0) is 21.0. The van der Waals surface area contributed by atoms with Crippen LogP contribution in [0.25, 0.3) is 0 Å². The van der Waals surface area contributed by atoms with Crippen LogP contribution in [0.2, 0.25) is 0 Å². The fourth-order valence-corrected chi connectivity index (χ4v) is 3.80. The summed E-state index contributed by atoms with van der Waals surface area (Å²) < 4.78 is 11.1. The summed E-state index contributed by atoms with van der Waals surface area (Å²) >= 11 is 0. The number of amides is 1. The van der Waals surface area contributed by atoms with E-state index in [2.05, 4.69) is 40.7 Å². The van der Waals surface area contributed by atoms with Crippen molar-refractivity contribution in [2.45, 2.75) is 51.7 Å². The Balaban J connectivity index is 0.00000341. The summed E-state index contributed by atoms with van der Waals surface area (Å²) in [5, 5.41) is 6.60. The van der Waals surface area contributed by atoms with Gasteiger partial charge in [-0.25, -0.2) is 0 Å². The van der Waals surface area contributed by atoms with Gasteiger partial charge in [-0.3, -0.25) is 9.79 Å². The molecule has 1 atom stereocenters. The normalized spacial score (nSPS) is 18.3. The van der Waals surface area contributed by atoms with Gasteiger partial charge in [0.05, 0.1) is 12.7 Å². The third kappa shape index (κ3) is 8.94. The van der Waals surface area contributed by atoms with Gasteiger partial charge in [0.2, 0.25) is 5.91 Å². The van der Waals surface area contributed by atoms with Crippen molar-refractivity contribution in [2.75, 3.05) is 46.0 Å². The molecule has 7 nitrogen and oxygen atoms in total. The molecule has 2 aliphatic rings. The smallest absolute Gasteiger partial charge is 0.222 e. The molecule has 174 valence electrons. The number of halogens is 1. The summed E-state index contributed by atoms with van der Waals surface area (Å²) in [6.45, 7) is 8.14. The molecule has 3 rings (SSSR count). The summed E-state index contributed by atoms with van der Waals surface area (Å²) in [5.41, 5.74) is 2.65. The Morgan fingerprint density at radius 1 is 1.26 bits per heavy atom. The van der Waals surface area contributed by atoms with Gasteiger partial charge in [0.1, 0.15) is 0 Å². The standard InChI is InChI=1S/C23H36N4O3.HI/c1-2-24-23(26-13-6-15-30-21-11-16-29-18-21)25-12-5-9-22(28)27-14-10-19-7-3-4-8-20(19)17-27;/h3-4,7-8,21H,2,5-6,9-18H2,1H3,(H2,24,25,26);1H. The highest BCUT2D eigenvalue weighted by molar-refractivity contribution is 14.0. The van der Waals surface area contributed by atoms with Gasteiger partial charge >= 0.3 is 0 Å². The molecule has 1 aromatic carbocycles. The molecule has 2 heterocycles. The van der Waals surface area contributed by atoms with Gasteiger partial charge in [-0.05, 0) is 43.7 Å². The summed E-state index contributed by atoms with van der Waals surface area (Å²) in [7, 11) is 0. The topological polar surface area (TPSA) is 75.2 Å². The van der Waals surface area contributed by atoms with Gasteiger partial charge in [0.15, 0.2) is 5.96 Å². The Morgan fingerprint density at radius 2 is 2.10 bits per heavy atom. The van der Waals surface area contributed by atoms with Crippen LogP contribution in [0.1, 0.15) is 43.7 Å². The molecule has 0 spiro atoms. The number of hydrogen-bond donors (Lipinski definition) is 2. The predicted molar refractivity (Wildman–Crippen MR) is 134 cm³/mol. The highest BCUT2D eigenvalue weighted by atomic mass is 127. The zero-order valence-electron chi connectivity index (χ0n) is 18.6. The first-order valence-electron chi connectivity index (χ1n) is 11.3. The van der Waals surface area contributed by atoms with E-state index in [-0.39, 0.29) is 36.0 Å². The minimum absolute atomic E-state index is 0. The lowest BCUT2D eigenvalue weighted by Gasteiger charge is -2.28. The molecule has 0 aliphatic carbocycles. The van der Waals surface area contributed by atoms with Crippen molar-refractivity contribution < 1.29 is 14.3 Å². The van der Waals surface area contributed by atoms with E-state index in [1.807, 2.05) is 11.0 Å². The van der Waals surface area contributed by atoms with Gasteiger partial charge < -0.3 is 25.0 Å². The molecule has 1 amide bonds. The number of carbonyl (C=O) groups is 1. The predicted octanol–water partition coefficient (Wildman–Crippen LogP) is 2.72. The van der Waals surface area contributed by atoms with Crippen molar-refractivity contribution in [3.05, 3.63) is 35.4 Å². The van der Waals surface area contributed by atoms with Gasteiger partial charge in [0.25, 0.3) is 0 Å². The Hall–Kier alpha value is -1.39. The highest BCUT2D eigenvalue weighted by Crippen LogP contribution is 2.19. The Morgan fingerprint density at radius 3 is 2.87 bits per heavy atom. The molecule has 31 heavy (non-hydrogen) atoms. The van der Waals surface area contributed by atoms with Crippen molar-refractivity contribution >= 4 is 35.8 Å². The van der Waals surface area contributed by atoms with E-state index < -0.39 is 0 Å². The number of ether oxygens (including phenoxy) is 2. The maximum absolute atomic E-state index is 12.6. The van der Waals surface area contributed by atoms with Gasteiger partial charge in [-0.2, -0.15) is 0 Å². The zero-order valence-corrected chi connectivity index (χ0v) is 20.9. The molecule has 0 saturated carbocycles. The van der Waals surface area contributed by atoms with Crippen molar-refractivity contribution in [1.29, 1.82) is 0 Å². The fourth-order valence-electron chi connectivity index (χ4n) is 3.80. The second-order valence-electron chi connectivity index (χ2n) is 7.83. The number of nitrogens with one attached hydrogen (secondary N) is 2. The van der Waals surface area contributed by atoms with Crippen molar-refractivity contribution in [3.8, 4) is 0 Å². The van der Waals surface area contributed by atoms with Gasteiger partial charge in [-0.15, -0.1) is 24.0 Å². The molecular formula is C23H37IN4O3. The van der Waals surface area contributed by atoms with Crippen LogP contribution in [0.3, 0.4) is 0 Å². The third-order valence-electron chi connectivity index (χ3n) is 5.50. The Labute approximate surface area is 203 Å². The van der Waals surface area contributed by atoms with Crippen LogP contribution in [-0.4, -0.2) is 68.9 Å². The average molecular weight is 544 g/mol. The van der Waals surface area contributed by atoms with Crippen LogP contribution >= 0.6 is 24.0 Å². The second-order valence-corrected chi connectivity index (χ2v) is 7.83. The van der Waals surface area contributed by atoms with E-state index in [9.17, 15) is 4.79 Å². The molecule has 8 heteroatoms. The van der Waals surface area contributed by atoms with Crippen LogP contribution < -0.4 is 10.6 Å². The van der Waals surface area contributed by atoms with Crippen LogP contribution in [0.4, 0.5) is 0 Å². The molecule has 1 aromatic rings. The Bertz CT molecular complexity index is 695. The van der Waals surface area contributed by atoms with E-state index in [0.717, 1.165) is 77.6 Å². The number of guanidine groups is 1. The van der Waals surface area contributed by atoms with Gasteiger partial charge in [0, 0.05) is 52.4 Å². The number of carbonyl (C=O) groups excluding carboxylic acids is 1. The number of hydrogen-bond acceptors (Lipinski definition) is 4. The molecule has 0 bridgehead atoms. The third-order valence-corrected chi connectivity index (χ3v) is 5.50. The van der Waals surface area contributed by atoms with Crippen LogP contribution in [0, 0.1) is 0 Å². The van der Waals surface area contributed by atoms with Crippen LogP contribution in [0.5, 0.6) is 0 Å². The van der Waals surface area contributed by atoms with E-state index >= 15 is 0 Å². The van der Waals surface area contributed by atoms with E-state index in [4.69, 9.17) is 9.47 Å². The maximum Gasteiger partial charge on any atom is 0.222 e.